The Hall–Kier alpha value is -2.86. The zero-order valence-electron chi connectivity index (χ0n) is 13.6. The Kier molecular flexibility index (Phi) is 4.11. The number of amides is 1. The highest BCUT2D eigenvalue weighted by Gasteiger charge is 2.31. The summed E-state index contributed by atoms with van der Waals surface area (Å²) in [6.07, 6.45) is 3.47. The molecule has 4 rings (SSSR count). The molecule has 0 unspecified atom stereocenters. The average molecular weight is 338 g/mol. The van der Waals surface area contributed by atoms with Crippen LogP contribution in [0.2, 0.25) is 0 Å². The second-order valence-electron chi connectivity index (χ2n) is 6.08. The van der Waals surface area contributed by atoms with E-state index < -0.39 is 0 Å². The summed E-state index contributed by atoms with van der Waals surface area (Å²) < 4.78 is 10.7. The lowest BCUT2D eigenvalue weighted by atomic mass is 10.0. The summed E-state index contributed by atoms with van der Waals surface area (Å²) in [6.45, 7) is 1.28. The van der Waals surface area contributed by atoms with Crippen molar-refractivity contribution in [3.8, 4) is 0 Å². The zero-order chi connectivity index (χ0) is 17.2. The maximum Gasteiger partial charge on any atom is 0.256 e. The summed E-state index contributed by atoms with van der Waals surface area (Å²) in [5.74, 6) is 0.0921. The second-order valence-corrected chi connectivity index (χ2v) is 6.08. The SMILES string of the molecule is O=C(C[C@H]1COCCN1C(=O)c1cccc2cc[nH]c12)c1ccco1. The summed E-state index contributed by atoms with van der Waals surface area (Å²) in [6, 6.07) is 10.6. The number of H-pyrrole nitrogens is 1. The van der Waals surface area contributed by atoms with E-state index in [1.165, 1.54) is 6.26 Å². The fraction of sp³-hybridized carbons (Fsp3) is 0.263. The Balaban J connectivity index is 1.59. The fourth-order valence-corrected chi connectivity index (χ4v) is 3.26. The third kappa shape index (κ3) is 2.96. The van der Waals surface area contributed by atoms with Crippen molar-refractivity contribution in [2.45, 2.75) is 12.5 Å². The molecule has 3 aromatic rings. The molecule has 0 radical (unpaired) electrons. The van der Waals surface area contributed by atoms with Gasteiger partial charge >= 0.3 is 0 Å². The quantitative estimate of drug-likeness (QED) is 0.742. The first-order chi connectivity index (χ1) is 12.2. The van der Waals surface area contributed by atoms with Gasteiger partial charge in [-0.1, -0.05) is 12.1 Å². The van der Waals surface area contributed by atoms with Gasteiger partial charge in [0, 0.05) is 24.5 Å². The molecule has 3 heterocycles. The molecule has 0 aliphatic carbocycles. The molecule has 2 aromatic heterocycles. The molecule has 1 aromatic carbocycles. The molecular formula is C19H18N2O4. The number of aromatic amines is 1. The predicted octanol–water partition coefficient (Wildman–Crippen LogP) is 2.87. The van der Waals surface area contributed by atoms with Gasteiger partial charge in [-0.3, -0.25) is 9.59 Å². The van der Waals surface area contributed by atoms with Crippen LogP contribution in [0.25, 0.3) is 10.9 Å². The van der Waals surface area contributed by atoms with Crippen LogP contribution < -0.4 is 0 Å². The molecule has 0 bridgehead atoms. The largest absolute Gasteiger partial charge is 0.461 e. The van der Waals surface area contributed by atoms with E-state index in [1.54, 1.807) is 17.0 Å². The fourth-order valence-electron chi connectivity index (χ4n) is 3.26. The number of ether oxygens (including phenoxy) is 1. The van der Waals surface area contributed by atoms with E-state index in [-0.39, 0.29) is 24.2 Å². The summed E-state index contributed by atoms with van der Waals surface area (Å²) in [5.41, 5.74) is 1.43. The minimum Gasteiger partial charge on any atom is -0.461 e. The predicted molar refractivity (Wildman–Crippen MR) is 91.6 cm³/mol. The highest BCUT2D eigenvalue weighted by Crippen LogP contribution is 2.22. The lowest BCUT2D eigenvalue weighted by molar-refractivity contribution is -0.00293. The van der Waals surface area contributed by atoms with Crippen molar-refractivity contribution >= 4 is 22.6 Å². The lowest BCUT2D eigenvalue weighted by Crippen LogP contribution is -2.49. The summed E-state index contributed by atoms with van der Waals surface area (Å²) in [7, 11) is 0. The lowest BCUT2D eigenvalue weighted by Gasteiger charge is -2.35. The molecule has 1 atom stereocenters. The summed E-state index contributed by atoms with van der Waals surface area (Å²) in [4.78, 5) is 30.3. The van der Waals surface area contributed by atoms with Crippen LogP contribution in [-0.4, -0.2) is 47.4 Å². The zero-order valence-corrected chi connectivity index (χ0v) is 13.6. The van der Waals surface area contributed by atoms with Gasteiger partial charge in [-0.25, -0.2) is 0 Å². The molecule has 6 nitrogen and oxygen atoms in total. The number of nitrogens with zero attached hydrogens (tertiary/aromatic N) is 1. The smallest absolute Gasteiger partial charge is 0.256 e. The molecule has 0 spiro atoms. The van der Waals surface area contributed by atoms with E-state index in [0.29, 0.717) is 31.1 Å². The molecule has 0 saturated carbocycles. The van der Waals surface area contributed by atoms with Crippen LogP contribution in [0.4, 0.5) is 0 Å². The van der Waals surface area contributed by atoms with Crippen molar-refractivity contribution in [3.05, 3.63) is 60.2 Å². The Morgan fingerprint density at radius 3 is 2.96 bits per heavy atom. The molecule has 1 aliphatic heterocycles. The van der Waals surface area contributed by atoms with Gasteiger partial charge in [-0.2, -0.15) is 0 Å². The molecule has 1 aliphatic rings. The summed E-state index contributed by atoms with van der Waals surface area (Å²) in [5, 5.41) is 0.988. The number of Topliss-reactive ketones (excluding diaryl/α,β-unsaturated/α-hetero) is 1. The van der Waals surface area contributed by atoms with Crippen molar-refractivity contribution in [2.24, 2.45) is 0 Å². The number of fused-ring (bicyclic) bond motifs is 1. The van der Waals surface area contributed by atoms with Crippen molar-refractivity contribution in [2.75, 3.05) is 19.8 Å². The van der Waals surface area contributed by atoms with Crippen LogP contribution in [0.1, 0.15) is 27.3 Å². The van der Waals surface area contributed by atoms with E-state index in [2.05, 4.69) is 4.98 Å². The number of hydrogen-bond donors (Lipinski definition) is 1. The Morgan fingerprint density at radius 1 is 1.20 bits per heavy atom. The van der Waals surface area contributed by atoms with Gasteiger partial charge in [0.25, 0.3) is 5.91 Å². The van der Waals surface area contributed by atoms with E-state index in [0.717, 1.165) is 10.9 Å². The number of ketones is 1. The van der Waals surface area contributed by atoms with Crippen LogP contribution in [-0.2, 0) is 4.74 Å². The van der Waals surface area contributed by atoms with Crippen LogP contribution in [0.15, 0.2) is 53.3 Å². The number of nitrogens with one attached hydrogen (secondary N) is 1. The van der Waals surface area contributed by atoms with Crippen LogP contribution in [0.5, 0.6) is 0 Å². The number of hydrogen-bond acceptors (Lipinski definition) is 4. The van der Waals surface area contributed by atoms with Gasteiger partial charge in [-0.15, -0.1) is 0 Å². The first-order valence-corrected chi connectivity index (χ1v) is 8.25. The molecule has 1 amide bonds. The highest BCUT2D eigenvalue weighted by atomic mass is 16.5. The molecule has 25 heavy (non-hydrogen) atoms. The standard InChI is InChI=1S/C19H18N2O4/c22-16(17-5-2-9-25-17)11-14-12-24-10-8-21(14)19(23)15-4-1-3-13-6-7-20-18(13)15/h1-7,9,14,20H,8,10-12H2/t14-/m0/s1. The molecule has 1 saturated heterocycles. The molecule has 1 N–H and O–H groups in total. The average Bonchev–Trinajstić information content (AvgIpc) is 3.32. The first kappa shape index (κ1) is 15.7. The third-order valence-electron chi connectivity index (χ3n) is 4.52. The van der Waals surface area contributed by atoms with Gasteiger partial charge in [0.2, 0.25) is 0 Å². The monoisotopic (exact) mass is 338 g/mol. The van der Waals surface area contributed by atoms with E-state index in [4.69, 9.17) is 9.15 Å². The Bertz CT molecular complexity index is 897. The van der Waals surface area contributed by atoms with Crippen molar-refractivity contribution in [3.63, 3.8) is 0 Å². The number of para-hydroxylation sites is 1. The number of furan rings is 1. The minimum absolute atomic E-state index is 0.0893. The number of carbonyl (C=O) groups is 2. The maximum absolute atomic E-state index is 13.1. The first-order valence-electron chi connectivity index (χ1n) is 8.25. The van der Waals surface area contributed by atoms with Crippen molar-refractivity contribution < 1.29 is 18.7 Å². The van der Waals surface area contributed by atoms with Crippen LogP contribution in [0, 0.1) is 0 Å². The maximum atomic E-state index is 13.1. The van der Waals surface area contributed by atoms with Gasteiger partial charge in [0.1, 0.15) is 0 Å². The van der Waals surface area contributed by atoms with Crippen LogP contribution >= 0.6 is 0 Å². The summed E-state index contributed by atoms with van der Waals surface area (Å²) >= 11 is 0. The van der Waals surface area contributed by atoms with E-state index >= 15 is 0 Å². The van der Waals surface area contributed by atoms with E-state index in [1.807, 2.05) is 30.5 Å². The van der Waals surface area contributed by atoms with Crippen molar-refractivity contribution in [1.82, 2.24) is 9.88 Å². The number of benzene rings is 1. The molecular weight excluding hydrogens is 320 g/mol. The van der Waals surface area contributed by atoms with Crippen LogP contribution in [0.3, 0.4) is 0 Å². The topological polar surface area (TPSA) is 75.5 Å². The second kappa shape index (κ2) is 6.57. The Labute approximate surface area is 144 Å². The number of carbonyl (C=O) groups excluding carboxylic acids is 2. The van der Waals surface area contributed by atoms with Crippen molar-refractivity contribution in [1.29, 1.82) is 0 Å². The van der Waals surface area contributed by atoms with Gasteiger partial charge in [0.05, 0.1) is 36.6 Å². The van der Waals surface area contributed by atoms with Gasteiger partial charge in [-0.05, 0) is 24.3 Å². The number of rotatable bonds is 4. The molecule has 6 heteroatoms. The minimum atomic E-state index is -0.302. The number of morpholine rings is 1. The number of aromatic nitrogens is 1. The Morgan fingerprint density at radius 2 is 2.12 bits per heavy atom. The third-order valence-corrected chi connectivity index (χ3v) is 4.52. The molecule has 1 fully saturated rings. The normalized spacial score (nSPS) is 17.8. The van der Waals surface area contributed by atoms with Gasteiger partial charge < -0.3 is 19.0 Å². The van der Waals surface area contributed by atoms with Gasteiger partial charge in [0.15, 0.2) is 11.5 Å². The highest BCUT2D eigenvalue weighted by molar-refractivity contribution is 6.06. The van der Waals surface area contributed by atoms with E-state index in [9.17, 15) is 9.59 Å². The molecule has 128 valence electrons.